The summed E-state index contributed by atoms with van der Waals surface area (Å²) < 4.78 is 9.99. The molecule has 1 aliphatic rings. The number of carbonyl (C=O) groups is 1. The predicted octanol–water partition coefficient (Wildman–Crippen LogP) is 4.70. The zero-order valence-electron chi connectivity index (χ0n) is 18.1. The number of benzene rings is 1. The maximum atomic E-state index is 13.0. The standard InChI is InChI=1S/C24H28N4O2S/c1-4-12-27-23(19-9-6-5-7-10-19)25-26-24(27)31-16-22(29)21-14-17(2)28(18(21)3)15-20-11-8-13-30-20/h4-7,9-10,14,20H,1,8,11-13,15-16H2,2-3H3/t20-/m0/s1. The molecule has 2 aromatic heterocycles. The Balaban J connectivity index is 1.49. The zero-order chi connectivity index (χ0) is 21.8. The van der Waals surface area contributed by atoms with Crippen LogP contribution in [0.5, 0.6) is 0 Å². The van der Waals surface area contributed by atoms with Gasteiger partial charge in [0.15, 0.2) is 16.8 Å². The van der Waals surface area contributed by atoms with Gasteiger partial charge in [0.2, 0.25) is 0 Å². The molecule has 4 rings (SSSR count). The number of nitrogens with zero attached hydrogens (tertiary/aromatic N) is 4. The third-order valence-electron chi connectivity index (χ3n) is 5.68. The largest absolute Gasteiger partial charge is 0.376 e. The van der Waals surface area contributed by atoms with Gasteiger partial charge in [-0.15, -0.1) is 16.8 Å². The highest BCUT2D eigenvalue weighted by Gasteiger charge is 2.22. The number of aromatic nitrogens is 4. The van der Waals surface area contributed by atoms with Gasteiger partial charge in [-0.25, -0.2) is 0 Å². The van der Waals surface area contributed by atoms with Crippen molar-refractivity contribution in [3.63, 3.8) is 0 Å². The maximum absolute atomic E-state index is 13.0. The summed E-state index contributed by atoms with van der Waals surface area (Å²) in [7, 11) is 0. The molecule has 0 aliphatic carbocycles. The van der Waals surface area contributed by atoms with Crippen LogP contribution in [0.1, 0.15) is 34.6 Å². The Morgan fingerprint density at radius 3 is 2.77 bits per heavy atom. The van der Waals surface area contributed by atoms with Crippen LogP contribution in [0.2, 0.25) is 0 Å². The van der Waals surface area contributed by atoms with Gasteiger partial charge in [-0.3, -0.25) is 9.36 Å². The Morgan fingerprint density at radius 1 is 1.26 bits per heavy atom. The molecule has 0 amide bonds. The highest BCUT2D eigenvalue weighted by molar-refractivity contribution is 7.99. The number of ketones is 1. The van der Waals surface area contributed by atoms with Crippen LogP contribution >= 0.6 is 11.8 Å². The van der Waals surface area contributed by atoms with Crippen LogP contribution < -0.4 is 0 Å². The van der Waals surface area contributed by atoms with Gasteiger partial charge in [0.05, 0.1) is 11.9 Å². The van der Waals surface area contributed by atoms with E-state index in [0.717, 1.165) is 59.5 Å². The number of aryl methyl sites for hydroxylation is 1. The number of hydrogen-bond acceptors (Lipinski definition) is 5. The van der Waals surface area contributed by atoms with E-state index in [0.29, 0.717) is 12.3 Å². The predicted molar refractivity (Wildman–Crippen MR) is 124 cm³/mol. The molecule has 1 fully saturated rings. The molecule has 0 saturated carbocycles. The molecule has 1 saturated heterocycles. The van der Waals surface area contributed by atoms with E-state index in [2.05, 4.69) is 28.3 Å². The maximum Gasteiger partial charge on any atom is 0.192 e. The Kier molecular flexibility index (Phi) is 6.73. The van der Waals surface area contributed by atoms with Gasteiger partial charge in [-0.05, 0) is 32.8 Å². The molecule has 1 aliphatic heterocycles. The third-order valence-corrected chi connectivity index (χ3v) is 6.64. The summed E-state index contributed by atoms with van der Waals surface area (Å²) in [5.74, 6) is 1.20. The van der Waals surface area contributed by atoms with Gasteiger partial charge in [0.25, 0.3) is 0 Å². The van der Waals surface area contributed by atoms with Crippen molar-refractivity contribution in [1.29, 1.82) is 0 Å². The van der Waals surface area contributed by atoms with E-state index in [1.807, 2.05) is 54.0 Å². The smallest absolute Gasteiger partial charge is 0.192 e. The van der Waals surface area contributed by atoms with Gasteiger partial charge in [-0.2, -0.15) is 0 Å². The molecule has 31 heavy (non-hydrogen) atoms. The summed E-state index contributed by atoms with van der Waals surface area (Å²) in [6.45, 7) is 10.2. The molecule has 162 valence electrons. The van der Waals surface area contributed by atoms with E-state index in [1.54, 1.807) is 0 Å². The Bertz CT molecular complexity index is 1060. The van der Waals surface area contributed by atoms with Crippen LogP contribution in [0.3, 0.4) is 0 Å². The summed E-state index contributed by atoms with van der Waals surface area (Å²) in [6.07, 6.45) is 4.26. The molecular formula is C24H28N4O2S. The molecule has 3 aromatic rings. The lowest BCUT2D eigenvalue weighted by molar-refractivity contribution is 0.0957. The number of hydrogen-bond donors (Lipinski definition) is 0. The molecule has 0 bridgehead atoms. The molecule has 1 atom stereocenters. The van der Waals surface area contributed by atoms with Crippen molar-refractivity contribution in [2.75, 3.05) is 12.4 Å². The fraction of sp³-hybridized carbons (Fsp3) is 0.375. The van der Waals surface area contributed by atoms with Gasteiger partial charge >= 0.3 is 0 Å². The Labute approximate surface area is 187 Å². The fourth-order valence-corrected chi connectivity index (χ4v) is 4.89. The average molecular weight is 437 g/mol. The first-order chi connectivity index (χ1) is 15.1. The molecule has 1 aromatic carbocycles. The minimum atomic E-state index is 0.103. The molecule has 6 nitrogen and oxygen atoms in total. The van der Waals surface area contributed by atoms with E-state index in [4.69, 9.17) is 4.74 Å². The van der Waals surface area contributed by atoms with Crippen LogP contribution in [0, 0.1) is 13.8 Å². The van der Waals surface area contributed by atoms with E-state index in [9.17, 15) is 4.79 Å². The first-order valence-corrected chi connectivity index (χ1v) is 11.6. The summed E-state index contributed by atoms with van der Waals surface area (Å²) in [6, 6.07) is 11.9. The fourth-order valence-electron chi connectivity index (χ4n) is 4.05. The summed E-state index contributed by atoms with van der Waals surface area (Å²) in [5.41, 5.74) is 3.88. The van der Waals surface area contributed by atoms with E-state index < -0.39 is 0 Å². The lowest BCUT2D eigenvalue weighted by atomic mass is 10.2. The third kappa shape index (κ3) is 4.67. The first-order valence-electron chi connectivity index (χ1n) is 10.6. The van der Waals surface area contributed by atoms with Crippen LogP contribution in [-0.2, 0) is 17.8 Å². The minimum Gasteiger partial charge on any atom is -0.376 e. The normalized spacial score (nSPS) is 16.0. The van der Waals surface area contributed by atoms with Crippen molar-refractivity contribution in [3.05, 3.63) is 66.0 Å². The number of rotatable bonds is 9. The highest BCUT2D eigenvalue weighted by atomic mass is 32.2. The summed E-state index contributed by atoms with van der Waals surface area (Å²) in [5, 5.41) is 9.43. The van der Waals surface area contributed by atoms with Gasteiger partial charge in [0, 0.05) is 42.2 Å². The van der Waals surface area contributed by atoms with E-state index in [-0.39, 0.29) is 11.9 Å². The molecule has 0 N–H and O–H groups in total. The lowest BCUT2D eigenvalue weighted by Crippen LogP contribution is -2.17. The molecule has 0 radical (unpaired) electrons. The van der Waals surface area contributed by atoms with Crippen molar-refractivity contribution < 1.29 is 9.53 Å². The van der Waals surface area contributed by atoms with Crippen molar-refractivity contribution in [2.45, 2.75) is 51.0 Å². The zero-order valence-corrected chi connectivity index (χ0v) is 18.9. The second-order valence-electron chi connectivity index (χ2n) is 7.81. The van der Waals surface area contributed by atoms with Crippen molar-refractivity contribution in [2.24, 2.45) is 0 Å². The Hall–Kier alpha value is -2.64. The first kappa shape index (κ1) is 21.6. The lowest BCUT2D eigenvalue weighted by Gasteiger charge is -2.14. The SMILES string of the molecule is C=CCn1c(SCC(=O)c2cc(C)n(C[C@@H]3CCCO3)c2C)nnc1-c1ccccc1. The minimum absolute atomic E-state index is 0.103. The second kappa shape index (κ2) is 9.66. The van der Waals surface area contributed by atoms with Crippen molar-refractivity contribution >= 4 is 17.5 Å². The van der Waals surface area contributed by atoms with Crippen LogP contribution in [0.25, 0.3) is 11.4 Å². The monoisotopic (exact) mass is 436 g/mol. The molecule has 7 heteroatoms. The van der Waals surface area contributed by atoms with Gasteiger partial charge < -0.3 is 9.30 Å². The molecule has 0 spiro atoms. The number of allylic oxidation sites excluding steroid dienone is 1. The number of ether oxygens (including phenoxy) is 1. The van der Waals surface area contributed by atoms with Crippen LogP contribution in [0.4, 0.5) is 0 Å². The summed E-state index contributed by atoms with van der Waals surface area (Å²) >= 11 is 1.42. The average Bonchev–Trinajstić information content (AvgIpc) is 3.50. The number of carbonyl (C=O) groups excluding carboxylic acids is 1. The number of thioether (sulfide) groups is 1. The molecule has 0 unspecified atom stereocenters. The van der Waals surface area contributed by atoms with Crippen LogP contribution in [-0.4, -0.2) is 43.6 Å². The highest BCUT2D eigenvalue weighted by Crippen LogP contribution is 2.26. The van der Waals surface area contributed by atoms with E-state index in [1.165, 1.54) is 11.8 Å². The summed E-state index contributed by atoms with van der Waals surface area (Å²) in [4.78, 5) is 13.0. The van der Waals surface area contributed by atoms with E-state index >= 15 is 0 Å². The van der Waals surface area contributed by atoms with Gasteiger partial charge in [0.1, 0.15) is 0 Å². The Morgan fingerprint density at radius 2 is 2.06 bits per heavy atom. The molecular weight excluding hydrogens is 408 g/mol. The van der Waals surface area contributed by atoms with Crippen LogP contribution in [0.15, 0.2) is 54.2 Å². The quantitative estimate of drug-likeness (QED) is 0.276. The van der Waals surface area contributed by atoms with Crippen molar-refractivity contribution in [1.82, 2.24) is 19.3 Å². The second-order valence-corrected chi connectivity index (χ2v) is 8.76. The van der Waals surface area contributed by atoms with Gasteiger partial charge in [-0.1, -0.05) is 48.2 Å². The molecule has 3 heterocycles. The number of Topliss-reactive ketones (excluding diaryl/α,β-unsaturated/α-hetero) is 1. The topological polar surface area (TPSA) is 61.9 Å². The van der Waals surface area contributed by atoms with Crippen molar-refractivity contribution in [3.8, 4) is 11.4 Å².